The highest BCUT2D eigenvalue weighted by Crippen LogP contribution is 2.38. The van der Waals surface area contributed by atoms with E-state index in [-0.39, 0.29) is 0 Å². The summed E-state index contributed by atoms with van der Waals surface area (Å²) in [5.74, 6) is 1.71. The number of hydrogen-bond acceptors (Lipinski definition) is 2. The predicted octanol–water partition coefficient (Wildman–Crippen LogP) is 4.74. The summed E-state index contributed by atoms with van der Waals surface area (Å²) in [6.45, 7) is 4.16. The molecule has 1 aliphatic carbocycles. The molecule has 2 aromatic rings. The topological polar surface area (TPSA) is 18.5 Å². The Balaban J connectivity index is 2.05. The molecule has 0 N–H and O–H groups in total. The molecule has 2 aromatic carbocycles. The van der Waals surface area contributed by atoms with Crippen molar-refractivity contribution in [3.05, 3.63) is 84.0 Å². The first-order valence-electron chi connectivity index (χ1n) is 7.13. The van der Waals surface area contributed by atoms with Crippen molar-refractivity contribution in [2.45, 2.75) is 0 Å². The Morgan fingerprint density at radius 1 is 0.682 bits per heavy atom. The molecule has 0 saturated heterocycles. The summed E-state index contributed by atoms with van der Waals surface area (Å²) in [6, 6.07) is 16.2. The van der Waals surface area contributed by atoms with E-state index in [9.17, 15) is 0 Å². The largest absolute Gasteiger partial charge is 0.497 e. The SMILES string of the molecule is C=C1C=CC(c2ccc(OC)cc2)=C1c1ccc(OC)cc1. The minimum Gasteiger partial charge on any atom is -0.497 e. The molecule has 0 fully saturated rings. The first-order chi connectivity index (χ1) is 10.7. The van der Waals surface area contributed by atoms with Crippen LogP contribution in [0.2, 0.25) is 0 Å². The fraction of sp³-hybridized carbons (Fsp3) is 0.100. The molecule has 3 rings (SSSR count). The van der Waals surface area contributed by atoms with E-state index < -0.39 is 0 Å². The average molecular weight is 290 g/mol. The smallest absolute Gasteiger partial charge is 0.118 e. The molecule has 2 heteroatoms. The van der Waals surface area contributed by atoms with Gasteiger partial charge in [0.1, 0.15) is 11.5 Å². The molecule has 0 radical (unpaired) electrons. The molecule has 0 amide bonds. The number of methoxy groups -OCH3 is 2. The Kier molecular flexibility index (Phi) is 3.84. The molecular formula is C20H18O2. The third-order valence-electron chi connectivity index (χ3n) is 3.82. The lowest BCUT2D eigenvalue weighted by Gasteiger charge is -2.11. The Morgan fingerprint density at radius 3 is 1.68 bits per heavy atom. The maximum Gasteiger partial charge on any atom is 0.118 e. The van der Waals surface area contributed by atoms with Gasteiger partial charge in [-0.3, -0.25) is 0 Å². The summed E-state index contributed by atoms with van der Waals surface area (Å²) >= 11 is 0. The average Bonchev–Trinajstić information content (AvgIpc) is 2.96. The number of benzene rings is 2. The quantitative estimate of drug-likeness (QED) is 0.809. The van der Waals surface area contributed by atoms with Crippen LogP contribution >= 0.6 is 0 Å². The molecule has 2 nitrogen and oxygen atoms in total. The fourth-order valence-electron chi connectivity index (χ4n) is 2.63. The van der Waals surface area contributed by atoms with E-state index in [2.05, 4.69) is 43.0 Å². The third-order valence-corrected chi connectivity index (χ3v) is 3.82. The summed E-state index contributed by atoms with van der Waals surface area (Å²) in [7, 11) is 3.35. The molecule has 0 aromatic heterocycles. The molecule has 0 atom stereocenters. The van der Waals surface area contributed by atoms with Crippen molar-refractivity contribution in [1.29, 1.82) is 0 Å². The van der Waals surface area contributed by atoms with Gasteiger partial charge in [-0.25, -0.2) is 0 Å². The van der Waals surface area contributed by atoms with Crippen LogP contribution in [0.1, 0.15) is 11.1 Å². The molecule has 0 heterocycles. The van der Waals surface area contributed by atoms with Crippen LogP contribution < -0.4 is 9.47 Å². The molecule has 0 saturated carbocycles. The Morgan fingerprint density at radius 2 is 1.18 bits per heavy atom. The fourth-order valence-corrected chi connectivity index (χ4v) is 2.63. The van der Waals surface area contributed by atoms with Gasteiger partial charge >= 0.3 is 0 Å². The lowest BCUT2D eigenvalue weighted by Crippen LogP contribution is -1.90. The molecule has 0 bridgehead atoms. The highest BCUT2D eigenvalue weighted by atomic mass is 16.5. The molecule has 0 spiro atoms. The second-order valence-electron chi connectivity index (χ2n) is 5.10. The Bertz CT molecular complexity index is 698. The summed E-state index contributed by atoms with van der Waals surface area (Å²) < 4.78 is 10.5. The number of rotatable bonds is 4. The van der Waals surface area contributed by atoms with Gasteiger partial charge in [-0.1, -0.05) is 43.0 Å². The predicted molar refractivity (Wildman–Crippen MR) is 91.1 cm³/mol. The van der Waals surface area contributed by atoms with E-state index in [1.807, 2.05) is 24.3 Å². The summed E-state index contributed by atoms with van der Waals surface area (Å²) in [6.07, 6.45) is 4.17. The van der Waals surface area contributed by atoms with Crippen LogP contribution in [-0.2, 0) is 0 Å². The van der Waals surface area contributed by atoms with Gasteiger partial charge in [0.2, 0.25) is 0 Å². The zero-order chi connectivity index (χ0) is 15.5. The zero-order valence-corrected chi connectivity index (χ0v) is 12.8. The maximum atomic E-state index is 5.23. The molecule has 0 aliphatic heterocycles. The molecule has 1 aliphatic rings. The lowest BCUT2D eigenvalue weighted by atomic mass is 9.95. The van der Waals surface area contributed by atoms with Gasteiger partial charge in [-0.15, -0.1) is 0 Å². The number of allylic oxidation sites excluding steroid dienone is 5. The van der Waals surface area contributed by atoms with Crippen molar-refractivity contribution >= 4 is 11.1 Å². The minimum absolute atomic E-state index is 0.854. The first-order valence-corrected chi connectivity index (χ1v) is 7.13. The zero-order valence-electron chi connectivity index (χ0n) is 12.8. The van der Waals surface area contributed by atoms with Gasteiger partial charge in [0, 0.05) is 0 Å². The van der Waals surface area contributed by atoms with Crippen molar-refractivity contribution in [3.8, 4) is 11.5 Å². The minimum atomic E-state index is 0.854. The summed E-state index contributed by atoms with van der Waals surface area (Å²) in [4.78, 5) is 0. The van der Waals surface area contributed by atoms with Gasteiger partial charge in [0.15, 0.2) is 0 Å². The third kappa shape index (κ3) is 2.56. The van der Waals surface area contributed by atoms with Crippen molar-refractivity contribution in [1.82, 2.24) is 0 Å². The van der Waals surface area contributed by atoms with E-state index in [0.29, 0.717) is 0 Å². The highest BCUT2D eigenvalue weighted by molar-refractivity contribution is 6.06. The van der Waals surface area contributed by atoms with Gasteiger partial charge < -0.3 is 9.47 Å². The molecule has 22 heavy (non-hydrogen) atoms. The van der Waals surface area contributed by atoms with Crippen LogP contribution in [-0.4, -0.2) is 14.2 Å². The van der Waals surface area contributed by atoms with Crippen LogP contribution in [0.3, 0.4) is 0 Å². The van der Waals surface area contributed by atoms with Crippen LogP contribution in [0.5, 0.6) is 11.5 Å². The first kappa shape index (κ1) is 14.2. The molecule has 0 unspecified atom stereocenters. The van der Waals surface area contributed by atoms with Gasteiger partial charge in [-0.05, 0) is 52.1 Å². The maximum absolute atomic E-state index is 5.23. The second kappa shape index (κ2) is 5.94. The van der Waals surface area contributed by atoms with Gasteiger partial charge in [-0.2, -0.15) is 0 Å². The van der Waals surface area contributed by atoms with E-state index in [1.165, 1.54) is 5.57 Å². The van der Waals surface area contributed by atoms with Gasteiger partial charge in [0.25, 0.3) is 0 Å². The highest BCUT2D eigenvalue weighted by Gasteiger charge is 2.16. The standard InChI is InChI=1S/C20H18O2/c1-14-4-13-19(15-5-9-17(21-2)10-6-15)20(14)16-7-11-18(22-3)12-8-16/h4-13H,1H2,2-3H3. The Labute approximate surface area is 131 Å². The van der Waals surface area contributed by atoms with Crippen LogP contribution in [0, 0.1) is 0 Å². The van der Waals surface area contributed by atoms with Crippen LogP contribution in [0.25, 0.3) is 11.1 Å². The van der Waals surface area contributed by atoms with Crippen molar-refractivity contribution < 1.29 is 9.47 Å². The van der Waals surface area contributed by atoms with Crippen LogP contribution in [0.15, 0.2) is 72.8 Å². The van der Waals surface area contributed by atoms with Crippen LogP contribution in [0.4, 0.5) is 0 Å². The van der Waals surface area contributed by atoms with Crippen molar-refractivity contribution in [2.75, 3.05) is 14.2 Å². The summed E-state index contributed by atoms with van der Waals surface area (Å²) in [5.41, 5.74) is 5.66. The van der Waals surface area contributed by atoms with E-state index >= 15 is 0 Å². The monoisotopic (exact) mass is 290 g/mol. The Hall–Kier alpha value is -2.74. The lowest BCUT2D eigenvalue weighted by molar-refractivity contribution is 0.414. The van der Waals surface area contributed by atoms with Crippen molar-refractivity contribution in [2.24, 2.45) is 0 Å². The second-order valence-corrected chi connectivity index (χ2v) is 5.10. The number of hydrogen-bond donors (Lipinski definition) is 0. The van der Waals surface area contributed by atoms with E-state index in [1.54, 1.807) is 14.2 Å². The molecule has 110 valence electrons. The normalized spacial score (nSPS) is 13.6. The van der Waals surface area contributed by atoms with E-state index in [4.69, 9.17) is 9.47 Å². The van der Waals surface area contributed by atoms with E-state index in [0.717, 1.165) is 33.8 Å². The summed E-state index contributed by atoms with van der Waals surface area (Å²) in [5, 5.41) is 0. The molecular weight excluding hydrogens is 272 g/mol. The number of ether oxygens (including phenoxy) is 2. The van der Waals surface area contributed by atoms with Crippen molar-refractivity contribution in [3.63, 3.8) is 0 Å². The van der Waals surface area contributed by atoms with Gasteiger partial charge in [0.05, 0.1) is 14.2 Å².